The molecule has 0 radical (unpaired) electrons. The van der Waals surface area contributed by atoms with E-state index in [4.69, 9.17) is 0 Å². The standard InChI is InChI=1S/IOPS.V/c1-3(2)4;. The van der Waals surface area contributed by atoms with E-state index in [2.05, 4.69) is 15.7 Å². The summed E-state index contributed by atoms with van der Waals surface area (Å²) in [6.07, 6.45) is 0. The Hall–Kier alpha value is 1.79. The van der Waals surface area contributed by atoms with E-state index in [1.165, 1.54) is 8.59 Å². The second kappa shape index (κ2) is 3.97. The Labute approximate surface area is 55.4 Å². The Bertz CT molecular complexity index is 71.7. The Morgan fingerprint density at radius 3 is 2.20 bits per heavy atom. The molecule has 0 bridgehead atoms. The van der Waals surface area contributed by atoms with Crippen LogP contribution in [0.1, 0.15) is 0 Å². The van der Waals surface area contributed by atoms with Gasteiger partial charge < -0.3 is 0 Å². The minimum atomic E-state index is -0.989. The van der Waals surface area contributed by atoms with Crippen molar-refractivity contribution in [1.29, 1.82) is 0 Å². The molecule has 1 unspecified atom stereocenters. The Kier molecular flexibility index (Phi) is 5.39. The third-order valence-corrected chi connectivity index (χ3v) is 8.92. The molecule has 5 heavy (non-hydrogen) atoms. The zero-order valence-corrected chi connectivity index (χ0v) is 7.35. The van der Waals surface area contributed by atoms with Crippen LogP contribution in [0.25, 0.3) is 0 Å². The average molecular weight is 257 g/mol. The van der Waals surface area contributed by atoms with Gasteiger partial charge in [-0.15, -0.1) is 0 Å². The van der Waals surface area contributed by atoms with Crippen LogP contribution in [0, 0.1) is 0 Å². The Balaban J connectivity index is 3.60. The first-order chi connectivity index (χ1) is 2.27. The van der Waals surface area contributed by atoms with Crippen LogP contribution in [0.5, 0.6) is 0 Å². The summed E-state index contributed by atoms with van der Waals surface area (Å²) in [5, 5.41) is 0. The van der Waals surface area contributed by atoms with Gasteiger partial charge in [0.25, 0.3) is 0 Å². The van der Waals surface area contributed by atoms with Crippen molar-refractivity contribution in [2.24, 2.45) is 0 Å². The molecule has 0 saturated heterocycles. The number of hydrogen-bond donors (Lipinski definition) is 0. The molecule has 0 heterocycles. The fraction of sp³-hybridized carbons (Fsp3) is 0. The van der Waals surface area contributed by atoms with Crippen LogP contribution >= 0.6 is 26.6 Å². The van der Waals surface area contributed by atoms with Crippen LogP contribution in [-0.4, -0.2) is 0 Å². The fourth-order valence-electron chi connectivity index (χ4n) is 0. The molecule has 0 fully saturated rings. The summed E-state index contributed by atoms with van der Waals surface area (Å²) in [4.78, 5) is 9.89. The Morgan fingerprint density at radius 1 is 2.00 bits per heavy atom. The first-order valence-electron chi connectivity index (χ1n) is 0.717. The molecule has 0 aromatic carbocycles. The summed E-state index contributed by atoms with van der Waals surface area (Å²) in [6.45, 7) is 0. The molecular formula is IOPSV. The van der Waals surface area contributed by atoms with E-state index in [0.717, 1.165) is 0 Å². The molecule has 0 rings (SSSR count). The number of halogens is 1. The second-order valence-electron chi connectivity index (χ2n) is 0.294. The van der Waals surface area contributed by atoms with Gasteiger partial charge >= 0.3 is 55.8 Å². The molecule has 5 heteroatoms. The van der Waals surface area contributed by atoms with E-state index < -0.39 is 4.57 Å². The first kappa shape index (κ1) is 6.79. The van der Waals surface area contributed by atoms with E-state index in [9.17, 15) is 4.89 Å². The SMILES string of the molecule is [O-][P+](I)=[S]=[V]. The molecule has 29 valence electrons. The molecule has 0 N–H and O–H groups in total. The molecule has 0 aromatic rings. The third kappa shape index (κ3) is 5.79. The van der Waals surface area contributed by atoms with Crippen molar-refractivity contribution >= 4 is 35.2 Å². The van der Waals surface area contributed by atoms with Gasteiger partial charge in [-0.25, -0.2) is 0 Å². The summed E-state index contributed by atoms with van der Waals surface area (Å²) in [6, 6.07) is 0. The summed E-state index contributed by atoms with van der Waals surface area (Å²) in [7, 11) is 1.31. The summed E-state index contributed by atoms with van der Waals surface area (Å²) in [5.41, 5.74) is 0. The van der Waals surface area contributed by atoms with Gasteiger partial charge in [-0.2, -0.15) is 0 Å². The van der Waals surface area contributed by atoms with E-state index >= 15 is 0 Å². The van der Waals surface area contributed by atoms with Crippen LogP contribution in [-0.2, 0) is 24.3 Å². The van der Waals surface area contributed by atoms with Gasteiger partial charge in [0.2, 0.25) is 0 Å². The minimum absolute atomic E-state index is 0.989. The zero-order valence-electron chi connectivity index (χ0n) is 2.09. The van der Waals surface area contributed by atoms with Crippen LogP contribution in [0.4, 0.5) is 0 Å². The van der Waals surface area contributed by atoms with Crippen LogP contribution in [0.3, 0.4) is 0 Å². The maximum atomic E-state index is 9.89. The quantitative estimate of drug-likeness (QED) is 0.459. The molecule has 0 aliphatic carbocycles. The first-order valence-corrected chi connectivity index (χ1v) is 7.85. The van der Waals surface area contributed by atoms with Crippen molar-refractivity contribution < 1.29 is 20.6 Å². The third-order valence-electron chi connectivity index (χ3n) is 0.0642. The van der Waals surface area contributed by atoms with Gasteiger partial charge in [-0.1, -0.05) is 0 Å². The molecule has 0 spiro atoms. The van der Waals surface area contributed by atoms with E-state index in [-0.39, 0.29) is 0 Å². The molecule has 0 aliphatic rings. The van der Waals surface area contributed by atoms with Gasteiger partial charge in [0.15, 0.2) is 0 Å². The molecule has 0 saturated carbocycles. The molecule has 0 amide bonds. The second-order valence-corrected chi connectivity index (χ2v) is 9.26. The predicted octanol–water partition coefficient (Wildman–Crippen LogP) is 0.553. The predicted molar refractivity (Wildman–Crippen MR) is 28.3 cm³/mol. The van der Waals surface area contributed by atoms with Gasteiger partial charge in [0.1, 0.15) is 0 Å². The average Bonchev–Trinajstić information content (AvgIpc) is 1.38. The topological polar surface area (TPSA) is 23.1 Å². The maximum absolute atomic E-state index is 9.89. The molecular weight excluding hydrogens is 257 g/mol. The van der Waals surface area contributed by atoms with E-state index in [1.54, 1.807) is 0 Å². The summed E-state index contributed by atoms with van der Waals surface area (Å²) < 4.78 is -0.989. The van der Waals surface area contributed by atoms with Crippen LogP contribution in [0.15, 0.2) is 0 Å². The number of hydrogen-bond acceptors (Lipinski definition) is 1. The molecule has 0 aliphatic heterocycles. The number of rotatable bonds is 0. The molecule has 1 atom stereocenters. The van der Waals surface area contributed by atoms with Crippen molar-refractivity contribution in [2.45, 2.75) is 0 Å². The van der Waals surface area contributed by atoms with Crippen LogP contribution in [0.2, 0.25) is 0 Å². The molecule has 1 nitrogen and oxygen atoms in total. The van der Waals surface area contributed by atoms with E-state index in [1.807, 2.05) is 22.0 Å². The van der Waals surface area contributed by atoms with Crippen LogP contribution < -0.4 is 4.89 Å². The molecule has 0 aromatic heterocycles. The summed E-state index contributed by atoms with van der Waals surface area (Å²) in [5.74, 6) is 0. The van der Waals surface area contributed by atoms with Gasteiger partial charge in [-0.3, -0.25) is 0 Å². The van der Waals surface area contributed by atoms with Gasteiger partial charge in [0.05, 0.1) is 0 Å². The fourth-order valence-corrected chi connectivity index (χ4v) is 0. The zero-order chi connectivity index (χ0) is 4.28. The van der Waals surface area contributed by atoms with Crippen molar-refractivity contribution in [3.05, 3.63) is 0 Å². The van der Waals surface area contributed by atoms with Crippen molar-refractivity contribution in [3.63, 3.8) is 0 Å². The van der Waals surface area contributed by atoms with Gasteiger partial charge in [-0.05, 0) is 0 Å². The summed E-state index contributed by atoms with van der Waals surface area (Å²) >= 11 is 4.06. The van der Waals surface area contributed by atoms with E-state index in [0.29, 0.717) is 0 Å². The Morgan fingerprint density at radius 2 is 2.20 bits per heavy atom. The van der Waals surface area contributed by atoms with Crippen molar-refractivity contribution in [3.8, 4) is 0 Å². The van der Waals surface area contributed by atoms with Crippen molar-refractivity contribution in [1.82, 2.24) is 0 Å². The van der Waals surface area contributed by atoms with Gasteiger partial charge in [0, 0.05) is 0 Å². The van der Waals surface area contributed by atoms with Crippen molar-refractivity contribution in [2.75, 3.05) is 0 Å². The normalized spacial score (nSPS) is 10.2. The monoisotopic (exact) mass is 257 g/mol.